The fraction of sp³-hybridized carbons (Fsp3) is 0.308. The summed E-state index contributed by atoms with van der Waals surface area (Å²) in [5.74, 6) is -0.236. The second kappa shape index (κ2) is 11.6. The molecule has 0 saturated heterocycles. The average Bonchev–Trinajstić information content (AvgIpc) is 3.21. The maximum atomic E-state index is 13.5. The van der Waals surface area contributed by atoms with Crippen LogP contribution in [0.1, 0.15) is 31.9 Å². The lowest BCUT2D eigenvalue weighted by Crippen LogP contribution is -2.43. The van der Waals surface area contributed by atoms with E-state index in [0.717, 1.165) is 16.0 Å². The predicted octanol–water partition coefficient (Wildman–Crippen LogP) is 4.68. The lowest BCUT2D eigenvalue weighted by molar-refractivity contribution is -0.133. The molecule has 0 aliphatic rings. The third-order valence-electron chi connectivity index (χ3n) is 5.43. The van der Waals surface area contributed by atoms with Gasteiger partial charge in [-0.3, -0.25) is 9.59 Å². The van der Waals surface area contributed by atoms with Gasteiger partial charge >= 0.3 is 0 Å². The Balaban J connectivity index is 1.82. The fourth-order valence-electron chi connectivity index (χ4n) is 3.48. The molecule has 0 saturated carbocycles. The molecule has 0 spiro atoms. The minimum absolute atomic E-state index is 0.00772. The molecule has 3 aromatic rings. The second-order valence-corrected chi connectivity index (χ2v) is 8.80. The number of carbonyl (C=O) groups excluding carboxylic acids is 2. The first kappa shape index (κ1) is 23.7. The Hall–Kier alpha value is -2.96. The van der Waals surface area contributed by atoms with Crippen LogP contribution in [-0.4, -0.2) is 48.4 Å². The monoisotopic (exact) mass is 450 g/mol. The minimum atomic E-state index is -0.152. The number of rotatable bonds is 10. The number of ether oxygens (including phenoxy) is 1. The number of hydrogen-bond acceptors (Lipinski definition) is 4. The van der Waals surface area contributed by atoms with E-state index < -0.39 is 0 Å². The molecule has 32 heavy (non-hydrogen) atoms. The molecule has 0 bridgehead atoms. The van der Waals surface area contributed by atoms with Gasteiger partial charge in [0.1, 0.15) is 6.54 Å². The van der Waals surface area contributed by atoms with E-state index in [9.17, 15) is 9.59 Å². The van der Waals surface area contributed by atoms with E-state index in [2.05, 4.69) is 13.0 Å². The zero-order valence-corrected chi connectivity index (χ0v) is 19.7. The van der Waals surface area contributed by atoms with Crippen LogP contribution < -0.4 is 0 Å². The van der Waals surface area contributed by atoms with E-state index in [4.69, 9.17) is 4.74 Å². The molecule has 2 aromatic carbocycles. The molecule has 0 fully saturated rings. The lowest BCUT2D eigenvalue weighted by Gasteiger charge is -2.28. The topological polar surface area (TPSA) is 49.9 Å². The van der Waals surface area contributed by atoms with Crippen LogP contribution in [0.2, 0.25) is 0 Å². The maximum Gasteiger partial charge on any atom is 0.254 e. The summed E-state index contributed by atoms with van der Waals surface area (Å²) >= 11 is 1.65. The molecular weight excluding hydrogens is 420 g/mol. The van der Waals surface area contributed by atoms with E-state index in [1.807, 2.05) is 65.7 Å². The number of benzene rings is 2. The van der Waals surface area contributed by atoms with Gasteiger partial charge in [0.05, 0.1) is 13.2 Å². The van der Waals surface area contributed by atoms with Gasteiger partial charge in [0.25, 0.3) is 5.91 Å². The van der Waals surface area contributed by atoms with Gasteiger partial charge in [0.15, 0.2) is 0 Å². The Morgan fingerprint density at radius 3 is 2.25 bits per heavy atom. The maximum absolute atomic E-state index is 13.5. The van der Waals surface area contributed by atoms with Crippen LogP contribution in [0.5, 0.6) is 0 Å². The molecule has 0 unspecified atom stereocenters. The van der Waals surface area contributed by atoms with Gasteiger partial charge in [-0.25, -0.2) is 0 Å². The Labute approximate surface area is 194 Å². The summed E-state index contributed by atoms with van der Waals surface area (Å²) in [4.78, 5) is 31.3. The van der Waals surface area contributed by atoms with Crippen molar-refractivity contribution < 1.29 is 14.3 Å². The molecule has 1 aromatic heterocycles. The smallest absolute Gasteiger partial charge is 0.254 e. The Morgan fingerprint density at radius 1 is 0.875 bits per heavy atom. The molecule has 0 N–H and O–H groups in total. The number of nitrogens with zero attached hydrogens (tertiary/aromatic N) is 2. The molecule has 3 rings (SSSR count). The summed E-state index contributed by atoms with van der Waals surface area (Å²) in [5.41, 5.74) is 3.74. The van der Waals surface area contributed by atoms with Gasteiger partial charge in [-0.1, -0.05) is 48.5 Å². The van der Waals surface area contributed by atoms with Crippen molar-refractivity contribution in [3.8, 4) is 0 Å². The van der Waals surface area contributed by atoms with E-state index in [-0.39, 0.29) is 18.4 Å². The number of hydrogen-bond donors (Lipinski definition) is 0. The van der Waals surface area contributed by atoms with E-state index >= 15 is 0 Å². The number of carbonyl (C=O) groups is 2. The van der Waals surface area contributed by atoms with Crippen molar-refractivity contribution in [3.63, 3.8) is 0 Å². The molecule has 1 heterocycles. The molecule has 0 aliphatic heterocycles. The molecule has 6 heteroatoms. The van der Waals surface area contributed by atoms with Gasteiger partial charge in [-0.15, -0.1) is 11.3 Å². The zero-order chi connectivity index (χ0) is 22.9. The van der Waals surface area contributed by atoms with Crippen molar-refractivity contribution in [2.45, 2.75) is 26.9 Å². The Bertz CT molecular complexity index is 1030. The highest BCUT2D eigenvalue weighted by atomic mass is 32.1. The van der Waals surface area contributed by atoms with Gasteiger partial charge in [0.2, 0.25) is 5.91 Å². The molecule has 5 nitrogen and oxygen atoms in total. The molecule has 0 atom stereocenters. The molecule has 2 amide bonds. The normalized spacial score (nSPS) is 10.7. The first-order valence-electron chi connectivity index (χ1n) is 10.7. The van der Waals surface area contributed by atoms with Crippen LogP contribution in [0.15, 0.2) is 66.0 Å². The summed E-state index contributed by atoms with van der Waals surface area (Å²) in [5, 5.41) is 2.04. The van der Waals surface area contributed by atoms with Crippen LogP contribution in [0.25, 0.3) is 0 Å². The Kier molecular flexibility index (Phi) is 8.59. The van der Waals surface area contributed by atoms with Crippen LogP contribution in [0.3, 0.4) is 0 Å². The number of methoxy groups -OCH3 is 1. The van der Waals surface area contributed by atoms with Gasteiger partial charge in [-0.2, -0.15) is 0 Å². The minimum Gasteiger partial charge on any atom is -0.383 e. The first-order chi connectivity index (χ1) is 15.5. The summed E-state index contributed by atoms with van der Waals surface area (Å²) in [6, 6.07) is 19.5. The molecule has 0 radical (unpaired) electrons. The highest BCUT2D eigenvalue weighted by molar-refractivity contribution is 7.10. The van der Waals surface area contributed by atoms with E-state index in [1.165, 1.54) is 5.56 Å². The quantitative estimate of drug-likeness (QED) is 0.451. The standard InChI is InChI=1S/C26H30N2O3S/c1-20-9-7-8-12-23(20)26(30)27(14-15-31-3)19-25(29)28(17-22-10-5-4-6-11-22)18-24-21(2)13-16-32-24/h4-13,16H,14-15,17-19H2,1-3H3. The SMILES string of the molecule is COCCN(CC(=O)N(Cc1ccccc1)Cc1sccc1C)C(=O)c1ccccc1C. The predicted molar refractivity (Wildman–Crippen MR) is 129 cm³/mol. The zero-order valence-electron chi connectivity index (χ0n) is 18.9. The average molecular weight is 451 g/mol. The fourth-order valence-corrected chi connectivity index (χ4v) is 4.40. The third-order valence-corrected chi connectivity index (χ3v) is 6.43. The molecule has 0 aliphatic carbocycles. The van der Waals surface area contributed by atoms with Crippen LogP contribution in [0, 0.1) is 13.8 Å². The number of amides is 2. The van der Waals surface area contributed by atoms with Crippen molar-refractivity contribution in [2.75, 3.05) is 26.8 Å². The van der Waals surface area contributed by atoms with Crippen molar-refractivity contribution in [1.29, 1.82) is 0 Å². The van der Waals surface area contributed by atoms with Gasteiger partial charge in [-0.05, 0) is 48.1 Å². The highest BCUT2D eigenvalue weighted by Gasteiger charge is 2.24. The molecule has 168 valence electrons. The van der Waals surface area contributed by atoms with Crippen LogP contribution in [0.4, 0.5) is 0 Å². The van der Waals surface area contributed by atoms with Crippen LogP contribution in [-0.2, 0) is 22.6 Å². The summed E-state index contributed by atoms with van der Waals surface area (Å²) in [7, 11) is 1.60. The van der Waals surface area contributed by atoms with Crippen molar-refractivity contribution in [2.24, 2.45) is 0 Å². The first-order valence-corrected chi connectivity index (χ1v) is 11.6. The highest BCUT2D eigenvalue weighted by Crippen LogP contribution is 2.20. The number of thiophene rings is 1. The van der Waals surface area contributed by atoms with Crippen LogP contribution >= 0.6 is 11.3 Å². The van der Waals surface area contributed by atoms with Gasteiger partial charge < -0.3 is 14.5 Å². The van der Waals surface area contributed by atoms with Crippen molar-refractivity contribution in [3.05, 3.63) is 93.2 Å². The largest absolute Gasteiger partial charge is 0.383 e. The van der Waals surface area contributed by atoms with Gasteiger partial charge in [0, 0.05) is 30.6 Å². The third kappa shape index (κ3) is 6.28. The number of aryl methyl sites for hydroxylation is 2. The molecular formula is C26H30N2O3S. The summed E-state index contributed by atoms with van der Waals surface area (Å²) < 4.78 is 5.21. The summed E-state index contributed by atoms with van der Waals surface area (Å²) in [6.45, 7) is 5.71. The van der Waals surface area contributed by atoms with Crippen molar-refractivity contribution >= 4 is 23.2 Å². The van der Waals surface area contributed by atoms with Crippen molar-refractivity contribution in [1.82, 2.24) is 9.80 Å². The second-order valence-electron chi connectivity index (χ2n) is 7.80. The Morgan fingerprint density at radius 2 is 1.59 bits per heavy atom. The lowest BCUT2D eigenvalue weighted by atomic mass is 10.1. The van der Waals surface area contributed by atoms with E-state index in [0.29, 0.717) is 31.8 Å². The summed E-state index contributed by atoms with van der Waals surface area (Å²) in [6.07, 6.45) is 0. The van der Waals surface area contributed by atoms with E-state index in [1.54, 1.807) is 29.4 Å².